The molecule has 0 aromatic heterocycles. The Hall–Kier alpha value is -2.24. The minimum Gasteiger partial charge on any atom is -0.480 e. The van der Waals surface area contributed by atoms with Crippen LogP contribution in [0, 0.1) is 5.82 Å². The second-order valence-corrected chi connectivity index (χ2v) is 10.2. The molecule has 0 spiro atoms. The fraction of sp³-hybridized carbons (Fsp3) is 0.300. The Morgan fingerprint density at radius 2 is 1.78 bits per heavy atom. The van der Waals surface area contributed by atoms with E-state index in [4.69, 9.17) is 28.9 Å². The maximum Gasteiger partial charge on any atom is 0.326 e. The number of rotatable bonds is 7. The third kappa shape index (κ3) is 5.57. The van der Waals surface area contributed by atoms with Gasteiger partial charge in [0.1, 0.15) is 17.9 Å². The molecule has 0 aliphatic carbocycles. The van der Waals surface area contributed by atoms with Gasteiger partial charge in [-0.1, -0.05) is 35.3 Å². The van der Waals surface area contributed by atoms with Crippen molar-refractivity contribution in [1.82, 2.24) is 9.62 Å². The van der Waals surface area contributed by atoms with Crippen LogP contribution in [0.3, 0.4) is 0 Å². The highest BCUT2D eigenvalue weighted by Crippen LogP contribution is 2.29. The number of nitrogens with one attached hydrogen (secondary N) is 1. The highest BCUT2D eigenvalue weighted by atomic mass is 35.5. The molecule has 3 rings (SSSR count). The molecule has 2 aromatic rings. The molecule has 1 heterocycles. The van der Waals surface area contributed by atoms with Crippen molar-refractivity contribution in [2.45, 2.75) is 35.9 Å². The van der Waals surface area contributed by atoms with Gasteiger partial charge in [-0.15, -0.1) is 0 Å². The topological polar surface area (TPSA) is 130 Å². The molecular formula is C20H20Cl2FN3O5S. The predicted molar refractivity (Wildman–Crippen MR) is 116 cm³/mol. The number of hydrogen-bond donors (Lipinski definition) is 3. The second kappa shape index (κ2) is 9.72. The van der Waals surface area contributed by atoms with E-state index in [9.17, 15) is 27.5 Å². The summed E-state index contributed by atoms with van der Waals surface area (Å²) in [5, 5.41) is 12.1. The van der Waals surface area contributed by atoms with Gasteiger partial charge in [-0.2, -0.15) is 4.31 Å². The first-order chi connectivity index (χ1) is 15.0. The number of carbonyl (C=O) groups excluding carboxylic acids is 1. The molecule has 8 nitrogen and oxygen atoms in total. The van der Waals surface area contributed by atoms with Crippen LogP contribution in [-0.2, 0) is 26.0 Å². The van der Waals surface area contributed by atoms with Crippen LogP contribution in [0.5, 0.6) is 0 Å². The molecule has 0 bridgehead atoms. The molecule has 172 valence electrons. The highest BCUT2D eigenvalue weighted by Gasteiger charge is 2.43. The maximum absolute atomic E-state index is 13.2. The number of aliphatic carboxylic acids is 1. The van der Waals surface area contributed by atoms with E-state index >= 15 is 0 Å². The van der Waals surface area contributed by atoms with Crippen LogP contribution in [0.1, 0.15) is 12.0 Å². The average Bonchev–Trinajstić information content (AvgIpc) is 3.11. The zero-order valence-electron chi connectivity index (χ0n) is 16.5. The van der Waals surface area contributed by atoms with Gasteiger partial charge in [0.2, 0.25) is 15.9 Å². The quantitative estimate of drug-likeness (QED) is 0.529. The SMILES string of the molecule is N[C@H]1CC(C(=O)NC(Cc2ccc(F)cc2)C(=O)O)N(S(=O)(=O)c2cc(Cl)cc(Cl)c2)C1. The second-order valence-electron chi connectivity index (χ2n) is 7.42. The molecule has 1 saturated heterocycles. The number of nitrogens with two attached hydrogens (primary N) is 1. The van der Waals surface area contributed by atoms with Crippen LogP contribution in [0.15, 0.2) is 47.4 Å². The first kappa shape index (κ1) is 24.4. The lowest BCUT2D eigenvalue weighted by atomic mass is 10.1. The fourth-order valence-corrected chi connectivity index (χ4v) is 5.86. The smallest absolute Gasteiger partial charge is 0.326 e. The first-order valence-electron chi connectivity index (χ1n) is 9.48. The summed E-state index contributed by atoms with van der Waals surface area (Å²) < 4.78 is 40.4. The normalized spacial score (nSPS) is 20.1. The van der Waals surface area contributed by atoms with Crippen LogP contribution in [-0.4, -0.2) is 54.4 Å². The molecule has 12 heteroatoms. The zero-order valence-corrected chi connectivity index (χ0v) is 18.9. The molecule has 1 amide bonds. The molecule has 2 aromatic carbocycles. The Morgan fingerprint density at radius 3 is 2.34 bits per heavy atom. The van der Waals surface area contributed by atoms with Crippen molar-refractivity contribution in [3.63, 3.8) is 0 Å². The lowest BCUT2D eigenvalue weighted by molar-refractivity contribution is -0.142. The van der Waals surface area contributed by atoms with Crippen LogP contribution >= 0.6 is 23.2 Å². The third-order valence-electron chi connectivity index (χ3n) is 5.00. The van der Waals surface area contributed by atoms with E-state index in [1.807, 2.05) is 0 Å². The Kier molecular flexibility index (Phi) is 7.41. The number of sulfonamides is 1. The van der Waals surface area contributed by atoms with Crippen LogP contribution in [0.25, 0.3) is 0 Å². The van der Waals surface area contributed by atoms with E-state index in [-0.39, 0.29) is 34.3 Å². The number of nitrogens with zero attached hydrogens (tertiary/aromatic N) is 1. The highest BCUT2D eigenvalue weighted by molar-refractivity contribution is 7.89. The average molecular weight is 504 g/mol. The molecule has 1 aliphatic heterocycles. The summed E-state index contributed by atoms with van der Waals surface area (Å²) in [4.78, 5) is 24.4. The van der Waals surface area contributed by atoms with Gasteiger partial charge in [-0.25, -0.2) is 17.6 Å². The number of carbonyl (C=O) groups is 2. The number of hydrogen-bond acceptors (Lipinski definition) is 5. The summed E-state index contributed by atoms with van der Waals surface area (Å²) in [6.45, 7) is -0.139. The molecule has 4 N–H and O–H groups in total. The monoisotopic (exact) mass is 503 g/mol. The van der Waals surface area contributed by atoms with Crippen molar-refractivity contribution >= 4 is 45.1 Å². The maximum atomic E-state index is 13.2. The summed E-state index contributed by atoms with van der Waals surface area (Å²) in [5.74, 6) is -2.60. The summed E-state index contributed by atoms with van der Waals surface area (Å²) >= 11 is 11.8. The van der Waals surface area contributed by atoms with Gasteiger partial charge < -0.3 is 16.2 Å². The number of carboxylic acids is 1. The zero-order chi connectivity index (χ0) is 23.6. The minimum atomic E-state index is -4.20. The van der Waals surface area contributed by atoms with Gasteiger partial charge in [0.15, 0.2) is 0 Å². The Morgan fingerprint density at radius 1 is 1.19 bits per heavy atom. The molecule has 1 aliphatic rings. The third-order valence-corrected chi connectivity index (χ3v) is 7.29. The Balaban J connectivity index is 1.83. The molecule has 3 atom stereocenters. The number of carboxylic acid groups (broad SMARTS) is 1. The van der Waals surface area contributed by atoms with Crippen molar-refractivity contribution in [2.75, 3.05) is 6.54 Å². The minimum absolute atomic E-state index is 0.00223. The van der Waals surface area contributed by atoms with Gasteiger partial charge in [-0.05, 0) is 42.3 Å². The number of halogens is 3. The first-order valence-corrected chi connectivity index (χ1v) is 11.7. The molecule has 32 heavy (non-hydrogen) atoms. The summed E-state index contributed by atoms with van der Waals surface area (Å²) in [5.41, 5.74) is 6.41. The van der Waals surface area contributed by atoms with Crippen molar-refractivity contribution < 1.29 is 27.5 Å². The summed E-state index contributed by atoms with van der Waals surface area (Å²) in [7, 11) is -4.20. The fourth-order valence-electron chi connectivity index (χ4n) is 3.48. The number of amides is 1. The molecule has 1 fully saturated rings. The van der Waals surface area contributed by atoms with Crippen LogP contribution in [0.2, 0.25) is 10.0 Å². The van der Waals surface area contributed by atoms with Crippen molar-refractivity contribution in [2.24, 2.45) is 5.73 Å². The van der Waals surface area contributed by atoms with Crippen LogP contribution < -0.4 is 11.1 Å². The van der Waals surface area contributed by atoms with Crippen molar-refractivity contribution in [3.8, 4) is 0 Å². The summed E-state index contributed by atoms with van der Waals surface area (Å²) in [6, 6.07) is 5.74. The van der Waals surface area contributed by atoms with E-state index in [0.717, 1.165) is 4.31 Å². The van der Waals surface area contributed by atoms with Gasteiger partial charge in [0.25, 0.3) is 0 Å². The Labute approximate surface area is 194 Å². The van der Waals surface area contributed by atoms with Gasteiger partial charge in [0.05, 0.1) is 4.90 Å². The van der Waals surface area contributed by atoms with Crippen LogP contribution in [0.4, 0.5) is 4.39 Å². The van der Waals surface area contributed by atoms with E-state index in [2.05, 4.69) is 5.32 Å². The molecular weight excluding hydrogens is 484 g/mol. The standard InChI is InChI=1S/C20H20Cl2FN3O5S/c21-12-6-13(22)8-16(7-12)32(30,31)26-10-15(24)9-18(26)19(27)25-17(20(28)29)5-11-1-3-14(23)4-2-11/h1-4,6-8,15,17-18H,5,9-10,24H2,(H,25,27)(H,28,29)/t15-,17?,18?/m0/s1. The van der Waals surface area contributed by atoms with Crippen molar-refractivity contribution in [3.05, 3.63) is 63.9 Å². The van der Waals surface area contributed by atoms with E-state index in [0.29, 0.717) is 5.56 Å². The van der Waals surface area contributed by atoms with E-state index in [1.165, 1.54) is 42.5 Å². The molecule has 2 unspecified atom stereocenters. The summed E-state index contributed by atoms with van der Waals surface area (Å²) in [6.07, 6.45) is -0.112. The Bertz CT molecular complexity index is 1110. The van der Waals surface area contributed by atoms with E-state index < -0.39 is 45.8 Å². The lowest BCUT2D eigenvalue weighted by Gasteiger charge is -2.25. The molecule has 0 radical (unpaired) electrons. The largest absolute Gasteiger partial charge is 0.480 e. The number of benzene rings is 2. The van der Waals surface area contributed by atoms with E-state index in [1.54, 1.807) is 0 Å². The molecule has 0 saturated carbocycles. The predicted octanol–water partition coefficient (Wildman–Crippen LogP) is 2.03. The van der Waals surface area contributed by atoms with Crippen molar-refractivity contribution in [1.29, 1.82) is 0 Å². The van der Waals surface area contributed by atoms with Gasteiger partial charge >= 0.3 is 5.97 Å². The van der Waals surface area contributed by atoms with Gasteiger partial charge in [-0.3, -0.25) is 4.79 Å². The van der Waals surface area contributed by atoms with Gasteiger partial charge in [0, 0.05) is 29.1 Å². The lowest BCUT2D eigenvalue weighted by Crippen LogP contribution is -2.51.